The quantitative estimate of drug-likeness (QED) is 0.435. The van der Waals surface area contributed by atoms with Gasteiger partial charge in [0.05, 0.1) is 6.61 Å². The number of ether oxygens (including phenoxy) is 1. The van der Waals surface area contributed by atoms with Gasteiger partial charge in [-0.15, -0.1) is 0 Å². The van der Waals surface area contributed by atoms with Gasteiger partial charge in [0.2, 0.25) is 5.91 Å². The number of hydrogen-bond donors (Lipinski definition) is 3. The maximum atomic E-state index is 12.1. The molecule has 0 spiro atoms. The Morgan fingerprint density at radius 3 is 2.27 bits per heavy atom. The molecule has 0 saturated heterocycles. The first-order valence-electron chi connectivity index (χ1n) is 9.93. The summed E-state index contributed by atoms with van der Waals surface area (Å²) in [6.07, 6.45) is 5.21. The molecule has 30 heavy (non-hydrogen) atoms. The average molecular weight is 409 g/mol. The van der Waals surface area contributed by atoms with Crippen molar-refractivity contribution in [3.63, 3.8) is 0 Å². The summed E-state index contributed by atoms with van der Waals surface area (Å²) >= 11 is 0. The highest BCUT2D eigenvalue weighted by Crippen LogP contribution is 2.13. The minimum atomic E-state index is -0.461. The number of carbonyl (C=O) groups is 3. The smallest absolute Gasteiger partial charge is 0.269 e. The Morgan fingerprint density at radius 2 is 1.63 bits per heavy atom. The van der Waals surface area contributed by atoms with Gasteiger partial charge in [0, 0.05) is 23.7 Å². The van der Waals surface area contributed by atoms with Gasteiger partial charge in [-0.3, -0.25) is 25.2 Å². The molecule has 7 heteroatoms. The van der Waals surface area contributed by atoms with Crippen LogP contribution in [0.25, 0.3) is 6.08 Å². The fourth-order valence-corrected chi connectivity index (χ4v) is 2.51. The third-order valence-corrected chi connectivity index (χ3v) is 4.11. The van der Waals surface area contributed by atoms with Gasteiger partial charge in [-0.25, -0.2) is 0 Å². The largest absolute Gasteiger partial charge is 0.494 e. The molecule has 2 aromatic carbocycles. The molecule has 0 radical (unpaired) electrons. The van der Waals surface area contributed by atoms with Crippen LogP contribution in [0, 0.1) is 0 Å². The minimum Gasteiger partial charge on any atom is -0.494 e. The van der Waals surface area contributed by atoms with Crippen molar-refractivity contribution in [2.24, 2.45) is 0 Å². The second-order valence-corrected chi connectivity index (χ2v) is 6.51. The van der Waals surface area contributed by atoms with Gasteiger partial charge >= 0.3 is 0 Å². The number of anilines is 1. The third-order valence-electron chi connectivity index (χ3n) is 4.11. The highest BCUT2D eigenvalue weighted by Gasteiger charge is 2.07. The Hall–Kier alpha value is -3.61. The Balaban J connectivity index is 1.80. The summed E-state index contributed by atoms with van der Waals surface area (Å²) in [5, 5.41) is 2.78. The van der Waals surface area contributed by atoms with Gasteiger partial charge in [-0.05, 0) is 61.4 Å². The number of rotatable bonds is 9. The molecule has 0 heterocycles. The second-order valence-electron chi connectivity index (χ2n) is 6.51. The normalized spacial score (nSPS) is 10.5. The zero-order chi connectivity index (χ0) is 21.8. The first kappa shape index (κ1) is 22.7. The van der Waals surface area contributed by atoms with Crippen molar-refractivity contribution in [1.29, 1.82) is 0 Å². The molecule has 2 aromatic rings. The Labute approximate surface area is 176 Å². The van der Waals surface area contributed by atoms with E-state index in [0.29, 0.717) is 24.3 Å². The molecule has 0 atom stereocenters. The van der Waals surface area contributed by atoms with Crippen LogP contribution in [0.15, 0.2) is 54.6 Å². The van der Waals surface area contributed by atoms with Crippen molar-refractivity contribution in [1.82, 2.24) is 10.9 Å². The van der Waals surface area contributed by atoms with E-state index in [9.17, 15) is 14.4 Å². The Bertz CT molecular complexity index is 874. The number of carbonyl (C=O) groups excluding carboxylic acids is 3. The number of benzene rings is 2. The topological polar surface area (TPSA) is 96.5 Å². The summed E-state index contributed by atoms with van der Waals surface area (Å²) in [6, 6.07) is 13.7. The molecule has 0 aliphatic heterocycles. The number of unbranched alkanes of at least 4 members (excludes halogenated alkanes) is 1. The van der Waals surface area contributed by atoms with Crippen LogP contribution in [-0.4, -0.2) is 24.3 Å². The predicted octanol–water partition coefficient (Wildman–Crippen LogP) is 3.69. The van der Waals surface area contributed by atoms with Crippen LogP contribution in [0.2, 0.25) is 0 Å². The van der Waals surface area contributed by atoms with E-state index in [1.807, 2.05) is 38.1 Å². The standard InChI is InChI=1S/C23H27N3O4/c1-3-5-6-21(27)24-19-12-10-18(11-13-19)23(29)26-25-22(28)16-9-17-7-14-20(15-8-17)30-4-2/h7-16H,3-6H2,1-2H3,(H,24,27)(H,25,28)(H,26,29)/b16-9+. The van der Waals surface area contributed by atoms with Crippen molar-refractivity contribution in [2.75, 3.05) is 11.9 Å². The number of nitrogens with one attached hydrogen (secondary N) is 3. The lowest BCUT2D eigenvalue weighted by Gasteiger charge is -2.07. The summed E-state index contributed by atoms with van der Waals surface area (Å²) in [6.45, 7) is 4.52. The first-order chi connectivity index (χ1) is 14.5. The predicted molar refractivity (Wildman–Crippen MR) is 117 cm³/mol. The van der Waals surface area contributed by atoms with Crippen LogP contribution in [0.4, 0.5) is 5.69 Å². The van der Waals surface area contributed by atoms with Crippen molar-refractivity contribution >= 4 is 29.5 Å². The summed E-state index contributed by atoms with van der Waals surface area (Å²) in [4.78, 5) is 35.8. The molecule has 0 aliphatic rings. The van der Waals surface area contributed by atoms with Crippen molar-refractivity contribution < 1.29 is 19.1 Å². The van der Waals surface area contributed by atoms with Crippen molar-refractivity contribution in [2.45, 2.75) is 33.1 Å². The molecule has 0 saturated carbocycles. The SMILES string of the molecule is CCCCC(=O)Nc1ccc(C(=O)NNC(=O)/C=C/c2ccc(OCC)cc2)cc1. The van der Waals surface area contributed by atoms with Crippen molar-refractivity contribution in [3.05, 3.63) is 65.7 Å². The molecule has 3 amide bonds. The average Bonchev–Trinajstić information content (AvgIpc) is 2.76. The molecule has 3 N–H and O–H groups in total. The van der Waals surface area contributed by atoms with Crippen molar-refractivity contribution in [3.8, 4) is 5.75 Å². The molecule has 7 nitrogen and oxygen atoms in total. The van der Waals surface area contributed by atoms with E-state index in [0.717, 1.165) is 24.2 Å². The Kier molecular flexibility index (Phi) is 9.12. The van der Waals surface area contributed by atoms with Gasteiger partial charge in [0.15, 0.2) is 0 Å². The maximum absolute atomic E-state index is 12.1. The van der Waals surface area contributed by atoms with Crippen LogP contribution in [0.3, 0.4) is 0 Å². The number of hydrazine groups is 1. The van der Waals surface area contributed by atoms with Crippen LogP contribution in [0.5, 0.6) is 5.75 Å². The first-order valence-corrected chi connectivity index (χ1v) is 9.93. The van der Waals surface area contributed by atoms with E-state index in [1.54, 1.807) is 30.3 Å². The fourth-order valence-electron chi connectivity index (χ4n) is 2.51. The van der Waals surface area contributed by atoms with Gasteiger partial charge in [0.1, 0.15) is 5.75 Å². The molecule has 0 aliphatic carbocycles. The summed E-state index contributed by atoms with van der Waals surface area (Å²) < 4.78 is 5.36. The van der Waals surface area contributed by atoms with Crippen LogP contribution in [0.1, 0.15) is 49.0 Å². The number of amides is 3. The highest BCUT2D eigenvalue weighted by atomic mass is 16.5. The molecular formula is C23H27N3O4. The molecule has 0 unspecified atom stereocenters. The second kappa shape index (κ2) is 12.1. The highest BCUT2D eigenvalue weighted by molar-refractivity contribution is 5.98. The third kappa shape index (κ3) is 7.79. The van der Waals surface area contributed by atoms with Crippen LogP contribution < -0.4 is 20.9 Å². The van der Waals surface area contributed by atoms with E-state index in [4.69, 9.17) is 4.74 Å². The van der Waals surface area contributed by atoms with Crippen LogP contribution >= 0.6 is 0 Å². The zero-order valence-corrected chi connectivity index (χ0v) is 17.2. The number of hydrogen-bond acceptors (Lipinski definition) is 4. The fraction of sp³-hybridized carbons (Fsp3) is 0.261. The lowest BCUT2D eigenvalue weighted by molar-refractivity contribution is -0.117. The van der Waals surface area contributed by atoms with Gasteiger partial charge in [0.25, 0.3) is 11.8 Å². The summed E-state index contributed by atoms with van der Waals surface area (Å²) in [5.74, 6) is -0.211. The minimum absolute atomic E-state index is 0.0550. The maximum Gasteiger partial charge on any atom is 0.269 e. The lowest BCUT2D eigenvalue weighted by Crippen LogP contribution is -2.40. The monoisotopic (exact) mass is 409 g/mol. The molecule has 0 fully saturated rings. The summed E-state index contributed by atoms with van der Waals surface area (Å²) in [5.41, 5.74) is 6.49. The van der Waals surface area contributed by atoms with Gasteiger partial charge in [-0.1, -0.05) is 25.5 Å². The van der Waals surface area contributed by atoms with E-state index < -0.39 is 11.8 Å². The molecule has 0 bridgehead atoms. The Morgan fingerprint density at radius 1 is 0.933 bits per heavy atom. The zero-order valence-electron chi connectivity index (χ0n) is 17.2. The van der Waals surface area contributed by atoms with Gasteiger partial charge in [-0.2, -0.15) is 0 Å². The molecular weight excluding hydrogens is 382 g/mol. The molecule has 2 rings (SSSR count). The van der Waals surface area contributed by atoms with E-state index >= 15 is 0 Å². The van der Waals surface area contributed by atoms with Gasteiger partial charge < -0.3 is 10.1 Å². The van der Waals surface area contributed by atoms with Crippen LogP contribution in [-0.2, 0) is 9.59 Å². The van der Waals surface area contributed by atoms with E-state index in [1.165, 1.54) is 6.08 Å². The lowest BCUT2D eigenvalue weighted by atomic mass is 10.2. The molecule has 158 valence electrons. The summed E-state index contributed by atoms with van der Waals surface area (Å²) in [7, 11) is 0. The van der Waals surface area contributed by atoms with E-state index in [2.05, 4.69) is 16.2 Å². The molecule has 0 aromatic heterocycles. The van der Waals surface area contributed by atoms with E-state index in [-0.39, 0.29) is 5.91 Å².